The van der Waals surface area contributed by atoms with Crippen LogP contribution in [0.1, 0.15) is 42.9 Å². The Hall–Kier alpha value is -3.06. The lowest BCUT2D eigenvalue weighted by Gasteiger charge is -2.27. The number of nitrogens with one attached hydrogen (secondary N) is 2. The summed E-state index contributed by atoms with van der Waals surface area (Å²) in [4.78, 5) is 25.3. The zero-order valence-electron chi connectivity index (χ0n) is 17.6. The summed E-state index contributed by atoms with van der Waals surface area (Å²) in [7, 11) is 0. The molecule has 0 aromatic carbocycles. The van der Waals surface area contributed by atoms with Crippen LogP contribution in [0.4, 0.5) is 5.82 Å². The highest BCUT2D eigenvalue weighted by molar-refractivity contribution is 5.97. The van der Waals surface area contributed by atoms with Gasteiger partial charge in [-0.15, -0.1) is 0 Å². The second kappa shape index (κ2) is 6.47. The van der Waals surface area contributed by atoms with Crippen LogP contribution >= 0.6 is 0 Å². The molecule has 156 valence electrons. The van der Waals surface area contributed by atoms with E-state index < -0.39 is 0 Å². The van der Waals surface area contributed by atoms with Crippen LogP contribution in [0.15, 0.2) is 30.7 Å². The van der Waals surface area contributed by atoms with E-state index in [0.29, 0.717) is 18.0 Å². The Kier molecular flexibility index (Phi) is 3.67. The minimum absolute atomic E-state index is 0.512. The molecular formula is C24H25N7. The molecule has 7 nitrogen and oxygen atoms in total. The fourth-order valence-electron chi connectivity index (χ4n) is 5.60. The molecule has 7 heteroatoms. The van der Waals surface area contributed by atoms with Gasteiger partial charge in [-0.1, -0.05) is 0 Å². The molecular weight excluding hydrogens is 386 g/mol. The zero-order valence-corrected chi connectivity index (χ0v) is 17.6. The number of rotatable bonds is 3. The lowest BCUT2D eigenvalue weighted by atomic mass is 10.1. The van der Waals surface area contributed by atoms with E-state index >= 15 is 0 Å². The number of fused-ring (bicyclic) bond motifs is 3. The molecule has 31 heavy (non-hydrogen) atoms. The number of hydrogen-bond acceptors (Lipinski definition) is 6. The normalized spacial score (nSPS) is 23.2. The standard InChI is InChI=1S/C24H25N7/c1-13-10-16-15(4-7-27-22(16)28-13)23-29-19-12-25-11-17(14-2-3-14)21(19)24(30-23)31-9-6-18-20(31)5-8-26-18/h4,7,10-12,14,18,20,26H,2-3,5-6,8-9H2,1H3,(H,27,28)/t18-,20-/m1/s1. The third kappa shape index (κ3) is 2.69. The maximum atomic E-state index is 5.26. The highest BCUT2D eigenvalue weighted by atomic mass is 15.3. The van der Waals surface area contributed by atoms with Crippen LogP contribution in [0, 0.1) is 6.92 Å². The largest absolute Gasteiger partial charge is 0.351 e. The molecule has 7 rings (SSSR count). The first kappa shape index (κ1) is 17.6. The van der Waals surface area contributed by atoms with Crippen molar-refractivity contribution in [3.05, 3.63) is 42.0 Å². The molecule has 0 radical (unpaired) electrons. The molecule has 0 amide bonds. The van der Waals surface area contributed by atoms with Crippen LogP contribution in [-0.2, 0) is 0 Å². The van der Waals surface area contributed by atoms with Gasteiger partial charge in [0.2, 0.25) is 0 Å². The van der Waals surface area contributed by atoms with Gasteiger partial charge in [0.1, 0.15) is 11.5 Å². The van der Waals surface area contributed by atoms with Crippen molar-refractivity contribution in [3.8, 4) is 11.4 Å². The number of pyridine rings is 2. The number of nitrogens with zero attached hydrogens (tertiary/aromatic N) is 5. The highest BCUT2D eigenvalue weighted by Crippen LogP contribution is 2.46. The minimum Gasteiger partial charge on any atom is -0.351 e. The topological polar surface area (TPSA) is 82.6 Å². The maximum Gasteiger partial charge on any atom is 0.163 e. The van der Waals surface area contributed by atoms with Crippen molar-refractivity contribution < 1.29 is 0 Å². The molecule has 2 saturated heterocycles. The molecule has 3 aliphatic rings. The van der Waals surface area contributed by atoms with Gasteiger partial charge in [-0.2, -0.15) is 0 Å². The van der Waals surface area contributed by atoms with Gasteiger partial charge in [0.15, 0.2) is 5.82 Å². The first-order valence-corrected chi connectivity index (χ1v) is 11.4. The molecule has 3 fully saturated rings. The summed E-state index contributed by atoms with van der Waals surface area (Å²) in [6.45, 7) is 4.18. The molecule has 4 aromatic heterocycles. The summed E-state index contributed by atoms with van der Waals surface area (Å²) < 4.78 is 0. The molecule has 6 heterocycles. The lowest BCUT2D eigenvalue weighted by molar-refractivity contribution is 0.600. The van der Waals surface area contributed by atoms with Crippen LogP contribution in [0.5, 0.6) is 0 Å². The highest BCUT2D eigenvalue weighted by Gasteiger charge is 2.40. The van der Waals surface area contributed by atoms with Gasteiger partial charge in [0, 0.05) is 53.1 Å². The van der Waals surface area contributed by atoms with Crippen molar-refractivity contribution in [2.45, 2.75) is 50.6 Å². The first-order valence-electron chi connectivity index (χ1n) is 11.4. The molecule has 2 atom stereocenters. The van der Waals surface area contributed by atoms with Crippen LogP contribution in [0.25, 0.3) is 33.3 Å². The smallest absolute Gasteiger partial charge is 0.163 e. The predicted molar refractivity (Wildman–Crippen MR) is 121 cm³/mol. The fourth-order valence-corrected chi connectivity index (χ4v) is 5.60. The van der Waals surface area contributed by atoms with Gasteiger partial charge < -0.3 is 15.2 Å². The number of anilines is 1. The third-order valence-corrected chi connectivity index (χ3v) is 7.21. The van der Waals surface area contributed by atoms with E-state index in [1.54, 1.807) is 0 Å². The average Bonchev–Trinajstić information content (AvgIpc) is 3.19. The van der Waals surface area contributed by atoms with Crippen molar-refractivity contribution in [2.75, 3.05) is 18.0 Å². The molecule has 0 bridgehead atoms. The molecule has 2 aliphatic heterocycles. The van der Waals surface area contributed by atoms with Gasteiger partial charge in [-0.05, 0) is 62.8 Å². The molecule has 1 aliphatic carbocycles. The van der Waals surface area contributed by atoms with E-state index in [1.807, 2.05) is 24.7 Å². The molecule has 1 saturated carbocycles. The van der Waals surface area contributed by atoms with Crippen molar-refractivity contribution >= 4 is 27.8 Å². The van der Waals surface area contributed by atoms with Gasteiger partial charge >= 0.3 is 0 Å². The Morgan fingerprint density at radius 3 is 2.94 bits per heavy atom. The van der Waals surface area contributed by atoms with Crippen LogP contribution in [0.2, 0.25) is 0 Å². The number of hydrogen-bond donors (Lipinski definition) is 2. The number of aromatic amines is 1. The van der Waals surface area contributed by atoms with Crippen molar-refractivity contribution in [1.82, 2.24) is 30.2 Å². The van der Waals surface area contributed by atoms with E-state index in [-0.39, 0.29) is 0 Å². The average molecular weight is 412 g/mol. The Morgan fingerprint density at radius 1 is 1.10 bits per heavy atom. The Bertz CT molecular complexity index is 1320. The van der Waals surface area contributed by atoms with Crippen LogP contribution in [0.3, 0.4) is 0 Å². The lowest BCUT2D eigenvalue weighted by Crippen LogP contribution is -2.35. The van der Waals surface area contributed by atoms with Crippen LogP contribution in [-0.4, -0.2) is 50.1 Å². The first-order chi connectivity index (χ1) is 15.3. The Balaban J connectivity index is 1.49. The Labute approximate surface area is 180 Å². The SMILES string of the molecule is Cc1cc2c(-c3nc(N4CC[C@H]5NCC[C@H]54)c4c(C5CC5)cncc4n3)ccnc2[nH]1. The summed E-state index contributed by atoms with van der Waals surface area (Å²) >= 11 is 0. The summed E-state index contributed by atoms with van der Waals surface area (Å²) in [6, 6.07) is 5.25. The summed E-state index contributed by atoms with van der Waals surface area (Å²) in [5.74, 6) is 2.46. The summed E-state index contributed by atoms with van der Waals surface area (Å²) in [5, 5.41) is 5.96. The number of H-pyrrole nitrogens is 1. The van der Waals surface area contributed by atoms with E-state index in [4.69, 9.17) is 9.97 Å². The molecule has 4 aromatic rings. The van der Waals surface area contributed by atoms with Gasteiger partial charge in [0.25, 0.3) is 0 Å². The number of aryl methyl sites for hydroxylation is 1. The van der Waals surface area contributed by atoms with Crippen LogP contribution < -0.4 is 10.2 Å². The van der Waals surface area contributed by atoms with Gasteiger partial charge in [-0.3, -0.25) is 4.98 Å². The third-order valence-electron chi connectivity index (χ3n) is 7.21. The summed E-state index contributed by atoms with van der Waals surface area (Å²) in [6.07, 6.45) is 10.6. The summed E-state index contributed by atoms with van der Waals surface area (Å²) in [5.41, 5.74) is 5.27. The maximum absolute atomic E-state index is 5.26. The zero-order chi connectivity index (χ0) is 20.5. The molecule has 0 spiro atoms. The van der Waals surface area contributed by atoms with Crippen molar-refractivity contribution in [3.63, 3.8) is 0 Å². The van der Waals surface area contributed by atoms with E-state index in [1.165, 1.54) is 36.6 Å². The van der Waals surface area contributed by atoms with Gasteiger partial charge in [0.05, 0.1) is 11.7 Å². The Morgan fingerprint density at radius 2 is 2.03 bits per heavy atom. The quantitative estimate of drug-likeness (QED) is 0.535. The fraction of sp³-hybridized carbons (Fsp3) is 0.417. The predicted octanol–water partition coefficient (Wildman–Crippen LogP) is 3.69. The molecule has 0 unspecified atom stereocenters. The second-order valence-corrected chi connectivity index (χ2v) is 9.24. The van der Waals surface area contributed by atoms with E-state index in [0.717, 1.165) is 52.5 Å². The monoisotopic (exact) mass is 411 g/mol. The van der Waals surface area contributed by atoms with Crippen molar-refractivity contribution in [1.29, 1.82) is 0 Å². The van der Waals surface area contributed by atoms with Crippen molar-refractivity contribution in [2.24, 2.45) is 0 Å². The number of aromatic nitrogens is 5. The van der Waals surface area contributed by atoms with E-state index in [9.17, 15) is 0 Å². The second-order valence-electron chi connectivity index (χ2n) is 9.24. The van der Waals surface area contributed by atoms with E-state index in [2.05, 4.69) is 38.2 Å². The minimum atomic E-state index is 0.512. The molecule has 2 N–H and O–H groups in total. The van der Waals surface area contributed by atoms with Gasteiger partial charge in [-0.25, -0.2) is 15.0 Å².